The number of hydrogen-bond acceptors (Lipinski definition) is 3. The fourth-order valence-electron chi connectivity index (χ4n) is 3.65. The van der Waals surface area contributed by atoms with Gasteiger partial charge < -0.3 is 10.0 Å². The van der Waals surface area contributed by atoms with E-state index in [4.69, 9.17) is 5.11 Å². The lowest BCUT2D eigenvalue weighted by atomic mass is 9.98. The molecule has 0 amide bonds. The number of carbonyl (C=O) groups is 1. The maximum Gasteiger partial charge on any atom is 0.304 e. The SMILES string of the molecule is CN1CCc2cc(CN3CCCCC3CC(=O)O)ccc21. The molecule has 2 aliphatic rings. The molecule has 114 valence electrons. The van der Waals surface area contributed by atoms with Crippen molar-refractivity contribution in [3.05, 3.63) is 29.3 Å². The van der Waals surface area contributed by atoms with Crippen LogP contribution >= 0.6 is 0 Å². The summed E-state index contributed by atoms with van der Waals surface area (Å²) in [5.41, 5.74) is 4.10. The largest absolute Gasteiger partial charge is 0.481 e. The Morgan fingerprint density at radius 2 is 2.19 bits per heavy atom. The number of piperidine rings is 1. The van der Waals surface area contributed by atoms with Crippen molar-refractivity contribution in [1.82, 2.24) is 4.90 Å². The van der Waals surface area contributed by atoms with E-state index in [0.29, 0.717) is 0 Å². The van der Waals surface area contributed by atoms with E-state index in [9.17, 15) is 4.79 Å². The minimum absolute atomic E-state index is 0.201. The second-order valence-corrected chi connectivity index (χ2v) is 6.35. The monoisotopic (exact) mass is 288 g/mol. The Bertz CT molecular complexity index is 530. The third-order valence-corrected chi connectivity index (χ3v) is 4.82. The minimum atomic E-state index is -0.678. The van der Waals surface area contributed by atoms with Crippen molar-refractivity contribution < 1.29 is 9.90 Å². The molecule has 0 aliphatic carbocycles. The number of rotatable bonds is 4. The maximum atomic E-state index is 11.0. The summed E-state index contributed by atoms with van der Waals surface area (Å²) in [5, 5.41) is 9.07. The fraction of sp³-hybridized carbons (Fsp3) is 0.588. The molecule has 1 saturated heterocycles. The Labute approximate surface area is 126 Å². The van der Waals surface area contributed by atoms with E-state index < -0.39 is 5.97 Å². The van der Waals surface area contributed by atoms with Gasteiger partial charge in [0, 0.05) is 31.9 Å². The van der Waals surface area contributed by atoms with Crippen molar-refractivity contribution in [2.75, 3.05) is 25.0 Å². The molecule has 1 aromatic rings. The zero-order valence-corrected chi connectivity index (χ0v) is 12.7. The zero-order valence-electron chi connectivity index (χ0n) is 12.7. The van der Waals surface area contributed by atoms with Crippen LogP contribution in [0.15, 0.2) is 18.2 Å². The highest BCUT2D eigenvalue weighted by molar-refractivity contribution is 5.67. The lowest BCUT2D eigenvalue weighted by molar-refractivity contribution is -0.138. The standard InChI is InChI=1S/C17H24N2O2/c1-18-9-7-14-10-13(5-6-16(14)18)12-19-8-3-2-4-15(19)11-17(20)21/h5-6,10,15H,2-4,7-9,11-12H2,1H3,(H,20,21). The summed E-state index contributed by atoms with van der Waals surface area (Å²) in [7, 11) is 2.14. The Kier molecular flexibility index (Phi) is 4.15. The quantitative estimate of drug-likeness (QED) is 0.924. The smallest absolute Gasteiger partial charge is 0.304 e. The summed E-state index contributed by atoms with van der Waals surface area (Å²) in [5.74, 6) is -0.678. The van der Waals surface area contributed by atoms with Crippen LogP contribution in [0.3, 0.4) is 0 Å². The summed E-state index contributed by atoms with van der Waals surface area (Å²) in [6.07, 6.45) is 4.75. The number of carboxylic acid groups (broad SMARTS) is 1. The number of likely N-dealkylation sites (N-methyl/N-ethyl adjacent to an activating group) is 1. The number of carboxylic acids is 1. The third-order valence-electron chi connectivity index (χ3n) is 4.82. The number of aliphatic carboxylic acids is 1. The molecule has 1 aromatic carbocycles. The van der Waals surface area contributed by atoms with Crippen molar-refractivity contribution >= 4 is 11.7 Å². The highest BCUT2D eigenvalue weighted by atomic mass is 16.4. The first-order valence-electron chi connectivity index (χ1n) is 7.92. The molecule has 1 N–H and O–H groups in total. The second-order valence-electron chi connectivity index (χ2n) is 6.35. The van der Waals surface area contributed by atoms with Gasteiger partial charge in [0.15, 0.2) is 0 Å². The molecule has 4 nitrogen and oxygen atoms in total. The molecule has 4 heteroatoms. The zero-order chi connectivity index (χ0) is 14.8. The van der Waals surface area contributed by atoms with Gasteiger partial charge in [-0.3, -0.25) is 9.69 Å². The van der Waals surface area contributed by atoms with Gasteiger partial charge in [0.05, 0.1) is 6.42 Å². The van der Waals surface area contributed by atoms with Gasteiger partial charge in [-0.1, -0.05) is 18.6 Å². The van der Waals surface area contributed by atoms with Gasteiger partial charge >= 0.3 is 5.97 Å². The molecule has 1 unspecified atom stereocenters. The lowest BCUT2D eigenvalue weighted by Gasteiger charge is -2.35. The Morgan fingerprint density at radius 3 is 3.00 bits per heavy atom. The van der Waals surface area contributed by atoms with E-state index in [-0.39, 0.29) is 12.5 Å². The third kappa shape index (κ3) is 3.21. The summed E-state index contributed by atoms with van der Waals surface area (Å²) in [6.45, 7) is 3.01. The molecular weight excluding hydrogens is 264 g/mol. The van der Waals surface area contributed by atoms with E-state index in [0.717, 1.165) is 38.9 Å². The van der Waals surface area contributed by atoms with E-state index in [2.05, 4.69) is 35.0 Å². The number of benzene rings is 1. The van der Waals surface area contributed by atoms with Gasteiger partial charge in [0.25, 0.3) is 0 Å². The summed E-state index contributed by atoms with van der Waals surface area (Å²) >= 11 is 0. The van der Waals surface area contributed by atoms with Crippen LogP contribution in [-0.2, 0) is 17.8 Å². The molecule has 0 radical (unpaired) electrons. The van der Waals surface area contributed by atoms with Gasteiger partial charge in [-0.05, 0) is 43.0 Å². The summed E-state index contributed by atoms with van der Waals surface area (Å²) in [4.78, 5) is 15.7. The maximum absolute atomic E-state index is 11.0. The van der Waals surface area contributed by atoms with Gasteiger partial charge in [0.1, 0.15) is 0 Å². The molecule has 2 aliphatic heterocycles. The van der Waals surface area contributed by atoms with Crippen molar-refractivity contribution in [2.45, 2.75) is 44.7 Å². The molecule has 1 atom stereocenters. The second kappa shape index (κ2) is 6.06. The van der Waals surface area contributed by atoms with Crippen molar-refractivity contribution in [3.8, 4) is 0 Å². The Balaban J connectivity index is 1.71. The van der Waals surface area contributed by atoms with Gasteiger partial charge in [-0.25, -0.2) is 0 Å². The van der Waals surface area contributed by atoms with Crippen molar-refractivity contribution in [2.24, 2.45) is 0 Å². The molecule has 21 heavy (non-hydrogen) atoms. The van der Waals surface area contributed by atoms with E-state index in [1.54, 1.807) is 0 Å². The summed E-state index contributed by atoms with van der Waals surface area (Å²) < 4.78 is 0. The minimum Gasteiger partial charge on any atom is -0.481 e. The molecule has 3 rings (SSSR count). The van der Waals surface area contributed by atoms with Crippen LogP contribution in [0.4, 0.5) is 5.69 Å². The number of anilines is 1. The van der Waals surface area contributed by atoms with Crippen LogP contribution in [0.25, 0.3) is 0 Å². The molecule has 2 heterocycles. The molecular formula is C17H24N2O2. The fourth-order valence-corrected chi connectivity index (χ4v) is 3.65. The first-order valence-corrected chi connectivity index (χ1v) is 7.92. The van der Waals surface area contributed by atoms with Crippen LogP contribution in [0.5, 0.6) is 0 Å². The molecule has 0 saturated carbocycles. The van der Waals surface area contributed by atoms with Gasteiger partial charge in [-0.2, -0.15) is 0 Å². The molecule has 0 spiro atoms. The first-order chi connectivity index (χ1) is 10.1. The average molecular weight is 288 g/mol. The van der Waals surface area contributed by atoms with Gasteiger partial charge in [-0.15, -0.1) is 0 Å². The molecule has 0 aromatic heterocycles. The number of nitrogens with zero attached hydrogens (tertiary/aromatic N) is 2. The lowest BCUT2D eigenvalue weighted by Crippen LogP contribution is -2.40. The van der Waals surface area contributed by atoms with E-state index in [1.165, 1.54) is 23.2 Å². The van der Waals surface area contributed by atoms with E-state index in [1.807, 2.05) is 0 Å². The Hall–Kier alpha value is -1.55. The topological polar surface area (TPSA) is 43.8 Å². The Morgan fingerprint density at radius 1 is 1.33 bits per heavy atom. The van der Waals surface area contributed by atoms with Crippen LogP contribution in [0.2, 0.25) is 0 Å². The van der Waals surface area contributed by atoms with Crippen LogP contribution in [0, 0.1) is 0 Å². The molecule has 1 fully saturated rings. The normalized spacial score (nSPS) is 22.3. The van der Waals surface area contributed by atoms with Crippen LogP contribution < -0.4 is 4.90 Å². The number of fused-ring (bicyclic) bond motifs is 1. The predicted octanol–water partition coefficient (Wildman–Crippen LogP) is 2.51. The van der Waals surface area contributed by atoms with Gasteiger partial charge in [0.2, 0.25) is 0 Å². The number of likely N-dealkylation sites (tertiary alicyclic amines) is 1. The van der Waals surface area contributed by atoms with E-state index >= 15 is 0 Å². The predicted molar refractivity (Wildman–Crippen MR) is 83.7 cm³/mol. The van der Waals surface area contributed by atoms with Crippen LogP contribution in [0.1, 0.15) is 36.8 Å². The number of hydrogen-bond donors (Lipinski definition) is 1. The average Bonchev–Trinajstić information content (AvgIpc) is 2.82. The highest BCUT2D eigenvalue weighted by Crippen LogP contribution is 2.29. The summed E-state index contributed by atoms with van der Waals surface area (Å²) in [6, 6.07) is 6.93. The van der Waals surface area contributed by atoms with Crippen molar-refractivity contribution in [3.63, 3.8) is 0 Å². The molecule has 0 bridgehead atoms. The van der Waals surface area contributed by atoms with Crippen LogP contribution in [-0.4, -0.2) is 42.2 Å². The first kappa shape index (κ1) is 14.4. The van der Waals surface area contributed by atoms with Crippen molar-refractivity contribution in [1.29, 1.82) is 0 Å². The highest BCUT2D eigenvalue weighted by Gasteiger charge is 2.25.